The zero-order valence-corrected chi connectivity index (χ0v) is 7.98. The molecule has 6 heteroatoms. The van der Waals surface area contributed by atoms with Crippen LogP contribution in [0.25, 0.3) is 0 Å². The van der Waals surface area contributed by atoms with Crippen molar-refractivity contribution in [1.29, 1.82) is 0 Å². The van der Waals surface area contributed by atoms with E-state index in [1.165, 1.54) is 19.1 Å². The number of hydrogen-bond donors (Lipinski definition) is 1. The maximum Gasteiger partial charge on any atom is 0.339 e. The average molecular weight is 216 g/mol. The van der Waals surface area contributed by atoms with E-state index in [4.69, 9.17) is 5.11 Å². The number of carboxylic acid groups (broad SMARTS) is 1. The SMILES string of the molecule is CC(=O)Oc1ccccc1C(=O)O.O.O. The standard InChI is InChI=1S/C9H8O4.2H2O/c1-6(10)13-8-5-3-2-4-7(8)9(11)12;;/h2-5H,1H3,(H,11,12);2*1H2. The summed E-state index contributed by atoms with van der Waals surface area (Å²) in [5.41, 5.74) is -0.0160. The van der Waals surface area contributed by atoms with Crippen LogP contribution in [0.15, 0.2) is 24.3 Å². The minimum absolute atomic E-state index is 0. The number of ether oxygens (including phenoxy) is 1. The summed E-state index contributed by atoms with van der Waals surface area (Å²) in [4.78, 5) is 21.2. The molecule has 0 aliphatic heterocycles. The molecule has 5 N–H and O–H groups in total. The summed E-state index contributed by atoms with van der Waals surface area (Å²) in [7, 11) is 0. The molecule has 0 radical (unpaired) electrons. The molecule has 6 nitrogen and oxygen atoms in total. The summed E-state index contributed by atoms with van der Waals surface area (Å²) in [6.45, 7) is 1.22. The van der Waals surface area contributed by atoms with Gasteiger partial charge in [0.1, 0.15) is 11.3 Å². The highest BCUT2D eigenvalue weighted by molar-refractivity contribution is 5.91. The number of para-hydroxylation sites is 1. The fourth-order valence-electron chi connectivity index (χ4n) is 0.887. The van der Waals surface area contributed by atoms with Crippen molar-refractivity contribution in [3.63, 3.8) is 0 Å². The monoisotopic (exact) mass is 216 g/mol. The Labute approximate surface area is 85.7 Å². The van der Waals surface area contributed by atoms with Gasteiger partial charge in [0.15, 0.2) is 0 Å². The Morgan fingerprint density at radius 2 is 1.73 bits per heavy atom. The van der Waals surface area contributed by atoms with Gasteiger partial charge in [-0.15, -0.1) is 0 Å². The van der Waals surface area contributed by atoms with E-state index in [2.05, 4.69) is 4.74 Å². The zero-order chi connectivity index (χ0) is 9.84. The van der Waals surface area contributed by atoms with Gasteiger partial charge in [0.25, 0.3) is 0 Å². The van der Waals surface area contributed by atoms with Gasteiger partial charge in [0.2, 0.25) is 0 Å². The molecule has 0 fully saturated rings. The van der Waals surface area contributed by atoms with Gasteiger partial charge in [-0.05, 0) is 12.1 Å². The van der Waals surface area contributed by atoms with E-state index in [1.807, 2.05) is 0 Å². The van der Waals surface area contributed by atoms with Crippen molar-refractivity contribution in [3.8, 4) is 5.75 Å². The van der Waals surface area contributed by atoms with E-state index in [0.29, 0.717) is 0 Å². The van der Waals surface area contributed by atoms with E-state index in [9.17, 15) is 9.59 Å². The van der Waals surface area contributed by atoms with E-state index >= 15 is 0 Å². The van der Waals surface area contributed by atoms with Crippen LogP contribution < -0.4 is 4.74 Å². The highest BCUT2D eigenvalue weighted by Gasteiger charge is 2.10. The maximum atomic E-state index is 10.6. The first-order valence-corrected chi connectivity index (χ1v) is 3.62. The predicted octanol–water partition coefficient (Wildman–Crippen LogP) is -0.339. The number of rotatable bonds is 2. The number of aromatic carboxylic acids is 1. The molecule has 84 valence electrons. The van der Waals surface area contributed by atoms with Gasteiger partial charge in [0.05, 0.1) is 0 Å². The molecule has 1 aromatic carbocycles. The minimum atomic E-state index is -1.11. The second-order valence-corrected chi connectivity index (χ2v) is 2.39. The molecule has 0 amide bonds. The van der Waals surface area contributed by atoms with Crippen molar-refractivity contribution in [2.24, 2.45) is 0 Å². The Bertz CT molecular complexity index is 346. The zero-order valence-electron chi connectivity index (χ0n) is 7.98. The first kappa shape index (κ1) is 15.5. The number of hydrogen-bond acceptors (Lipinski definition) is 3. The lowest BCUT2D eigenvalue weighted by molar-refractivity contribution is -0.131. The lowest BCUT2D eigenvalue weighted by atomic mass is 10.2. The largest absolute Gasteiger partial charge is 0.478 e. The second-order valence-electron chi connectivity index (χ2n) is 2.39. The third-order valence-corrected chi connectivity index (χ3v) is 1.37. The van der Waals surface area contributed by atoms with Crippen molar-refractivity contribution < 1.29 is 30.4 Å². The summed E-state index contributed by atoms with van der Waals surface area (Å²) >= 11 is 0. The van der Waals surface area contributed by atoms with Crippen LogP contribution in [0, 0.1) is 0 Å². The maximum absolute atomic E-state index is 10.6. The fourth-order valence-corrected chi connectivity index (χ4v) is 0.887. The van der Waals surface area contributed by atoms with Crippen molar-refractivity contribution in [3.05, 3.63) is 29.8 Å². The molecule has 0 aliphatic carbocycles. The Hall–Kier alpha value is -1.92. The molecule has 1 aromatic rings. The molecule has 0 atom stereocenters. The van der Waals surface area contributed by atoms with Crippen molar-refractivity contribution in [2.45, 2.75) is 6.92 Å². The summed E-state index contributed by atoms with van der Waals surface area (Å²) < 4.78 is 4.69. The summed E-state index contributed by atoms with van der Waals surface area (Å²) in [5.74, 6) is -1.58. The molecule has 0 unspecified atom stereocenters. The van der Waals surface area contributed by atoms with Crippen LogP contribution >= 0.6 is 0 Å². The molecular formula is C9H12O6. The van der Waals surface area contributed by atoms with E-state index in [-0.39, 0.29) is 22.3 Å². The molecule has 0 aliphatic rings. The van der Waals surface area contributed by atoms with Gasteiger partial charge in [-0.1, -0.05) is 12.1 Å². The first-order valence-electron chi connectivity index (χ1n) is 3.62. The van der Waals surface area contributed by atoms with Crippen LogP contribution in [0.1, 0.15) is 17.3 Å². The number of carbonyl (C=O) groups excluding carboxylic acids is 1. The molecule has 0 aromatic heterocycles. The van der Waals surface area contributed by atoms with Crippen LogP contribution in [-0.4, -0.2) is 28.0 Å². The van der Waals surface area contributed by atoms with Crippen LogP contribution in [0.2, 0.25) is 0 Å². The Kier molecular flexibility index (Phi) is 6.76. The predicted molar refractivity (Wildman–Crippen MR) is 51.9 cm³/mol. The van der Waals surface area contributed by atoms with Gasteiger partial charge in [0, 0.05) is 6.92 Å². The van der Waals surface area contributed by atoms with Crippen LogP contribution in [0.4, 0.5) is 0 Å². The number of carboxylic acids is 1. The summed E-state index contributed by atoms with van der Waals surface area (Å²) in [6.07, 6.45) is 0. The molecule has 0 saturated heterocycles. The Morgan fingerprint density at radius 1 is 1.20 bits per heavy atom. The normalized spacial score (nSPS) is 8.07. The molecular weight excluding hydrogens is 204 g/mol. The number of esters is 1. The fraction of sp³-hybridized carbons (Fsp3) is 0.111. The van der Waals surface area contributed by atoms with Gasteiger partial charge in [-0.3, -0.25) is 4.79 Å². The van der Waals surface area contributed by atoms with Crippen LogP contribution in [0.3, 0.4) is 0 Å². The van der Waals surface area contributed by atoms with Gasteiger partial charge < -0.3 is 20.8 Å². The molecule has 0 bridgehead atoms. The highest BCUT2D eigenvalue weighted by Crippen LogP contribution is 2.17. The molecule has 1 rings (SSSR count). The van der Waals surface area contributed by atoms with Crippen molar-refractivity contribution in [2.75, 3.05) is 0 Å². The molecule has 0 spiro atoms. The first-order chi connectivity index (χ1) is 6.11. The summed E-state index contributed by atoms with van der Waals surface area (Å²) in [5, 5.41) is 8.69. The second kappa shape index (κ2) is 6.52. The van der Waals surface area contributed by atoms with E-state index < -0.39 is 11.9 Å². The number of carbonyl (C=O) groups is 2. The van der Waals surface area contributed by atoms with Crippen molar-refractivity contribution in [1.82, 2.24) is 0 Å². The lowest BCUT2D eigenvalue weighted by Crippen LogP contribution is -2.06. The van der Waals surface area contributed by atoms with Gasteiger partial charge >= 0.3 is 11.9 Å². The van der Waals surface area contributed by atoms with Gasteiger partial charge in [-0.2, -0.15) is 0 Å². The lowest BCUT2D eigenvalue weighted by Gasteiger charge is -2.03. The molecule has 15 heavy (non-hydrogen) atoms. The topological polar surface area (TPSA) is 127 Å². The van der Waals surface area contributed by atoms with E-state index in [0.717, 1.165) is 0 Å². The molecule has 0 heterocycles. The smallest absolute Gasteiger partial charge is 0.339 e. The Balaban J connectivity index is 0. The quantitative estimate of drug-likeness (QED) is 0.535. The van der Waals surface area contributed by atoms with Gasteiger partial charge in [-0.25, -0.2) is 4.79 Å². The third kappa shape index (κ3) is 4.21. The third-order valence-electron chi connectivity index (χ3n) is 1.37. The minimum Gasteiger partial charge on any atom is -0.478 e. The van der Waals surface area contributed by atoms with E-state index in [1.54, 1.807) is 12.1 Å². The van der Waals surface area contributed by atoms with Crippen LogP contribution in [-0.2, 0) is 4.79 Å². The highest BCUT2D eigenvalue weighted by atomic mass is 16.5. The average Bonchev–Trinajstić information content (AvgIpc) is 2.03. The number of benzene rings is 1. The Morgan fingerprint density at radius 3 is 2.20 bits per heavy atom. The van der Waals surface area contributed by atoms with Crippen LogP contribution in [0.5, 0.6) is 5.75 Å². The molecule has 0 saturated carbocycles. The summed E-state index contributed by atoms with van der Waals surface area (Å²) in [6, 6.07) is 5.98. The van der Waals surface area contributed by atoms with Crippen molar-refractivity contribution >= 4 is 11.9 Å².